The van der Waals surface area contributed by atoms with Crippen molar-refractivity contribution in [2.45, 2.75) is 45.5 Å². The van der Waals surface area contributed by atoms with Gasteiger partial charge in [-0.15, -0.1) is 0 Å². The number of benzene rings is 1. The van der Waals surface area contributed by atoms with E-state index < -0.39 is 11.8 Å². The summed E-state index contributed by atoms with van der Waals surface area (Å²) in [5, 5.41) is 1.00. The second-order valence-corrected chi connectivity index (χ2v) is 7.81. The molecule has 0 radical (unpaired) electrons. The Bertz CT molecular complexity index is 861. The van der Waals surface area contributed by atoms with Crippen LogP contribution in [0, 0.1) is 20.8 Å². The maximum atomic E-state index is 13.5. The molecule has 1 aromatic rings. The van der Waals surface area contributed by atoms with Crippen LogP contribution in [0.3, 0.4) is 0 Å². The first-order chi connectivity index (χ1) is 12.6. The highest BCUT2D eigenvalue weighted by molar-refractivity contribution is 7.45. The Balaban J connectivity index is 2.21. The standard InChI is InChI=1S/C22H21F4P/c1-13-18(16-5-9-21(23,24)10-6-16)14(2)20(27-4)15(3)19(13)17-7-11-22(25,26)12-8-17/h5-9,11H,4,10,12H2,1-3H3. The summed E-state index contributed by atoms with van der Waals surface area (Å²) in [5.74, 6) is -5.65. The van der Waals surface area contributed by atoms with E-state index in [-0.39, 0.29) is 12.8 Å². The Kier molecular flexibility index (Phi) is 5.07. The molecule has 27 heavy (non-hydrogen) atoms. The molecule has 0 heterocycles. The average molecular weight is 392 g/mol. The van der Waals surface area contributed by atoms with Gasteiger partial charge in [0, 0.05) is 18.1 Å². The summed E-state index contributed by atoms with van der Waals surface area (Å²) in [6.07, 6.45) is 11.2. The molecular formula is C22H21F4P. The van der Waals surface area contributed by atoms with Crippen LogP contribution in [0.5, 0.6) is 0 Å². The average Bonchev–Trinajstić information content (AvgIpc) is 2.58. The van der Waals surface area contributed by atoms with Gasteiger partial charge in [-0.05, 0) is 71.9 Å². The fourth-order valence-corrected chi connectivity index (χ4v) is 4.57. The summed E-state index contributed by atoms with van der Waals surface area (Å²) in [6, 6.07) is 0. The molecular weight excluding hydrogens is 371 g/mol. The van der Waals surface area contributed by atoms with E-state index in [0.29, 0.717) is 0 Å². The van der Waals surface area contributed by atoms with E-state index in [0.717, 1.165) is 64.6 Å². The molecule has 0 N–H and O–H groups in total. The van der Waals surface area contributed by atoms with Gasteiger partial charge in [-0.1, -0.05) is 38.8 Å². The molecule has 0 aromatic heterocycles. The first kappa shape index (κ1) is 19.8. The second kappa shape index (κ2) is 6.91. The smallest absolute Gasteiger partial charge is 0.202 e. The molecule has 0 unspecified atom stereocenters. The molecule has 0 aliphatic heterocycles. The third-order valence-electron chi connectivity index (χ3n) is 5.15. The summed E-state index contributed by atoms with van der Waals surface area (Å²) in [4.78, 5) is 0. The minimum atomic E-state index is -2.83. The largest absolute Gasteiger partial charge is 0.270 e. The number of allylic oxidation sites excluding steroid dienone is 8. The van der Waals surface area contributed by atoms with E-state index in [4.69, 9.17) is 0 Å². The van der Waals surface area contributed by atoms with Crippen LogP contribution in [-0.4, -0.2) is 18.1 Å². The van der Waals surface area contributed by atoms with E-state index in [1.54, 1.807) is 12.2 Å². The SMILES string of the molecule is C=Pc1c(C)c(C2=CCC(F)(F)C=C2)c(C)c(C2=CCC(F)(F)C=C2)c1C. The van der Waals surface area contributed by atoms with Crippen LogP contribution in [0.2, 0.25) is 0 Å². The predicted octanol–water partition coefficient (Wildman–Crippen LogP) is 6.57. The minimum Gasteiger partial charge on any atom is -0.202 e. The van der Waals surface area contributed by atoms with Crippen LogP contribution >= 0.6 is 8.20 Å². The van der Waals surface area contributed by atoms with Crippen molar-refractivity contribution in [2.24, 2.45) is 0 Å². The van der Waals surface area contributed by atoms with Crippen LogP contribution in [-0.2, 0) is 0 Å². The number of halogens is 4. The van der Waals surface area contributed by atoms with Crippen molar-refractivity contribution in [3.05, 3.63) is 64.3 Å². The van der Waals surface area contributed by atoms with Crippen LogP contribution < -0.4 is 5.30 Å². The fourth-order valence-electron chi connectivity index (χ4n) is 3.87. The topological polar surface area (TPSA) is 0 Å². The molecule has 0 atom stereocenters. The quantitative estimate of drug-likeness (QED) is 0.403. The summed E-state index contributed by atoms with van der Waals surface area (Å²) < 4.78 is 54.1. The molecule has 2 aliphatic carbocycles. The molecule has 0 saturated heterocycles. The zero-order valence-electron chi connectivity index (χ0n) is 15.5. The van der Waals surface area contributed by atoms with Gasteiger partial charge in [0.1, 0.15) is 0 Å². The lowest BCUT2D eigenvalue weighted by atomic mass is 9.83. The van der Waals surface area contributed by atoms with Crippen LogP contribution in [0.1, 0.15) is 40.7 Å². The highest BCUT2D eigenvalue weighted by atomic mass is 31.1. The van der Waals surface area contributed by atoms with Gasteiger partial charge in [0.2, 0.25) is 0 Å². The van der Waals surface area contributed by atoms with E-state index in [9.17, 15) is 17.6 Å². The summed E-state index contributed by atoms with van der Waals surface area (Å²) in [6.45, 7) is 5.86. The highest BCUT2D eigenvalue weighted by Gasteiger charge is 2.30. The number of rotatable bonds is 3. The normalized spacial score (nSPS) is 20.6. The molecule has 3 rings (SSSR count). The van der Waals surface area contributed by atoms with Gasteiger partial charge in [0.05, 0.1) is 0 Å². The number of alkyl halides is 4. The van der Waals surface area contributed by atoms with E-state index >= 15 is 0 Å². The monoisotopic (exact) mass is 392 g/mol. The van der Waals surface area contributed by atoms with Gasteiger partial charge in [-0.25, -0.2) is 17.6 Å². The molecule has 0 bridgehead atoms. The van der Waals surface area contributed by atoms with Crippen molar-refractivity contribution in [1.82, 2.24) is 0 Å². The van der Waals surface area contributed by atoms with Gasteiger partial charge < -0.3 is 0 Å². The molecule has 142 valence electrons. The molecule has 0 spiro atoms. The molecule has 0 nitrogen and oxygen atoms in total. The molecule has 0 saturated carbocycles. The Morgan fingerprint density at radius 2 is 1.19 bits per heavy atom. The minimum absolute atomic E-state index is 0.340. The maximum Gasteiger partial charge on any atom is 0.270 e. The molecule has 1 aromatic carbocycles. The van der Waals surface area contributed by atoms with Crippen molar-refractivity contribution in [3.8, 4) is 0 Å². The van der Waals surface area contributed by atoms with Crippen molar-refractivity contribution in [3.63, 3.8) is 0 Å². The summed E-state index contributed by atoms with van der Waals surface area (Å²) in [7, 11) is 0.806. The molecule has 5 heteroatoms. The Morgan fingerprint density at radius 1 is 0.778 bits per heavy atom. The van der Waals surface area contributed by atoms with Gasteiger partial charge in [-0.3, -0.25) is 0 Å². The first-order valence-electron chi connectivity index (χ1n) is 8.72. The lowest BCUT2D eigenvalue weighted by Crippen LogP contribution is -2.18. The van der Waals surface area contributed by atoms with E-state index in [1.807, 2.05) is 20.8 Å². The van der Waals surface area contributed by atoms with Crippen molar-refractivity contribution in [2.75, 3.05) is 0 Å². The Labute approximate surface area is 158 Å². The van der Waals surface area contributed by atoms with E-state index in [2.05, 4.69) is 6.30 Å². The van der Waals surface area contributed by atoms with Gasteiger partial charge in [-0.2, -0.15) is 0 Å². The van der Waals surface area contributed by atoms with E-state index in [1.165, 1.54) is 12.2 Å². The van der Waals surface area contributed by atoms with Gasteiger partial charge in [0.25, 0.3) is 11.8 Å². The number of hydrogen-bond acceptors (Lipinski definition) is 0. The lowest BCUT2D eigenvalue weighted by Gasteiger charge is -2.25. The summed E-state index contributed by atoms with van der Waals surface area (Å²) in [5.41, 5.74) is 6.18. The number of hydrogen-bond donors (Lipinski definition) is 0. The van der Waals surface area contributed by atoms with Crippen LogP contribution in [0.4, 0.5) is 17.6 Å². The fraction of sp³-hybridized carbons (Fsp3) is 0.318. The highest BCUT2D eigenvalue weighted by Crippen LogP contribution is 2.39. The predicted molar refractivity (Wildman–Crippen MR) is 108 cm³/mol. The van der Waals surface area contributed by atoms with Crippen LogP contribution in [0.25, 0.3) is 11.1 Å². The first-order valence-corrected chi connectivity index (χ1v) is 9.80. The second-order valence-electron chi connectivity index (χ2n) is 7.05. The zero-order chi connectivity index (χ0) is 20.0. The summed E-state index contributed by atoms with van der Waals surface area (Å²) >= 11 is 0. The van der Waals surface area contributed by atoms with Crippen molar-refractivity contribution in [1.29, 1.82) is 0 Å². The lowest BCUT2D eigenvalue weighted by molar-refractivity contribution is 0.0572. The van der Waals surface area contributed by atoms with Crippen molar-refractivity contribution < 1.29 is 17.6 Å². The Morgan fingerprint density at radius 3 is 1.48 bits per heavy atom. The third-order valence-corrected chi connectivity index (χ3v) is 6.13. The Hall–Kier alpha value is -1.93. The molecule has 0 amide bonds. The molecule has 0 fully saturated rings. The molecule has 2 aliphatic rings. The van der Waals surface area contributed by atoms with Crippen molar-refractivity contribution >= 4 is 31.0 Å². The maximum absolute atomic E-state index is 13.5. The zero-order valence-corrected chi connectivity index (χ0v) is 16.4. The van der Waals surface area contributed by atoms with Gasteiger partial charge in [0.15, 0.2) is 0 Å². The third kappa shape index (κ3) is 3.73. The van der Waals surface area contributed by atoms with Crippen LogP contribution in [0.15, 0.2) is 36.5 Å². The van der Waals surface area contributed by atoms with Gasteiger partial charge >= 0.3 is 0 Å².